The Labute approximate surface area is 149 Å². The Balaban J connectivity index is 1.48. The number of hydrogen-bond donors (Lipinski definition) is 1. The molecule has 9 nitrogen and oxygen atoms in total. The van der Waals surface area contributed by atoms with Crippen molar-refractivity contribution in [3.05, 3.63) is 35.4 Å². The van der Waals surface area contributed by atoms with E-state index in [1.165, 1.54) is 12.1 Å². The second-order valence-corrected chi connectivity index (χ2v) is 8.30. The van der Waals surface area contributed by atoms with Crippen LogP contribution in [-0.4, -0.2) is 67.7 Å². The highest BCUT2D eigenvalue weighted by atomic mass is 32.2. The van der Waals surface area contributed by atoms with Crippen LogP contribution < -0.4 is 5.32 Å². The third kappa shape index (κ3) is 3.74. The molecule has 138 valence electrons. The van der Waals surface area contributed by atoms with Gasteiger partial charge in [0, 0.05) is 6.04 Å². The van der Waals surface area contributed by atoms with Gasteiger partial charge in [-0.15, -0.1) is 0 Å². The Morgan fingerprint density at radius 3 is 2.31 bits per heavy atom. The highest BCUT2D eigenvalue weighted by Gasteiger charge is 2.36. The minimum absolute atomic E-state index is 0.0114. The highest BCUT2D eigenvalue weighted by Crippen LogP contribution is 2.22. The predicted octanol–water partition coefficient (Wildman–Crippen LogP) is -0.871. The van der Waals surface area contributed by atoms with Gasteiger partial charge < -0.3 is 10.1 Å². The maximum absolute atomic E-state index is 12.1. The molecule has 0 unspecified atom stereocenters. The minimum atomic E-state index is -3.13. The van der Waals surface area contributed by atoms with Gasteiger partial charge in [-0.25, -0.2) is 8.42 Å². The normalized spacial score (nSPS) is 20.8. The summed E-state index contributed by atoms with van der Waals surface area (Å²) in [5, 5.41) is 2.47. The maximum Gasteiger partial charge on any atom is 0.326 e. The fourth-order valence-electron chi connectivity index (χ4n) is 2.88. The molecule has 1 aromatic carbocycles. The van der Waals surface area contributed by atoms with Gasteiger partial charge in [-0.2, -0.15) is 0 Å². The Hall–Kier alpha value is -2.75. The first-order valence-corrected chi connectivity index (χ1v) is 9.69. The van der Waals surface area contributed by atoms with E-state index >= 15 is 0 Å². The van der Waals surface area contributed by atoms with Crippen LogP contribution in [0.2, 0.25) is 0 Å². The number of fused-ring (bicyclic) bond motifs is 1. The zero-order chi connectivity index (χ0) is 18.9. The lowest BCUT2D eigenvalue weighted by Gasteiger charge is -2.14. The summed E-state index contributed by atoms with van der Waals surface area (Å²) in [5.41, 5.74) is 0.427. The smallest absolute Gasteiger partial charge is 0.326 e. The van der Waals surface area contributed by atoms with Gasteiger partial charge in [0.1, 0.15) is 6.54 Å². The lowest BCUT2D eigenvalue weighted by molar-refractivity contribution is -0.148. The SMILES string of the molecule is O=C(COC(=O)CN1C(=O)c2ccccc2C1=O)N[C@H]1CCS(=O)(=O)C1. The molecule has 2 aliphatic rings. The van der Waals surface area contributed by atoms with Crippen molar-refractivity contribution in [2.45, 2.75) is 12.5 Å². The van der Waals surface area contributed by atoms with Crippen LogP contribution >= 0.6 is 0 Å². The van der Waals surface area contributed by atoms with E-state index in [1.807, 2.05) is 0 Å². The molecule has 3 amide bonds. The third-order valence-corrected chi connectivity index (χ3v) is 5.90. The summed E-state index contributed by atoms with van der Waals surface area (Å²) >= 11 is 0. The lowest BCUT2D eigenvalue weighted by Crippen LogP contribution is -2.40. The number of benzene rings is 1. The van der Waals surface area contributed by atoms with Crippen molar-refractivity contribution in [2.24, 2.45) is 0 Å². The van der Waals surface area contributed by atoms with E-state index in [4.69, 9.17) is 4.74 Å². The van der Waals surface area contributed by atoms with Crippen LogP contribution in [-0.2, 0) is 24.2 Å². The Bertz CT molecular complexity index is 859. The van der Waals surface area contributed by atoms with Crippen LogP contribution in [0.25, 0.3) is 0 Å². The molecular formula is C16H16N2O7S. The standard InChI is InChI=1S/C16H16N2O7S/c19-13(17-10-5-6-26(23,24)9-10)8-25-14(20)7-18-15(21)11-3-1-2-4-12(11)16(18)22/h1-4,10H,5-9H2,(H,17,19)/t10-/m0/s1. The third-order valence-electron chi connectivity index (χ3n) is 4.13. The van der Waals surface area contributed by atoms with Crippen molar-refractivity contribution in [1.29, 1.82) is 0 Å². The molecule has 0 radical (unpaired) electrons. The summed E-state index contributed by atoms with van der Waals surface area (Å²) in [7, 11) is -3.13. The summed E-state index contributed by atoms with van der Waals surface area (Å²) in [6.07, 6.45) is 0.317. The molecule has 2 aliphatic heterocycles. The van der Waals surface area contributed by atoms with Crippen LogP contribution in [0.5, 0.6) is 0 Å². The van der Waals surface area contributed by atoms with Crippen LogP contribution in [0.3, 0.4) is 0 Å². The Morgan fingerprint density at radius 1 is 1.15 bits per heavy atom. The molecule has 0 saturated carbocycles. The molecule has 2 heterocycles. The Kier molecular flexibility index (Phi) is 4.77. The number of ether oxygens (including phenoxy) is 1. The van der Waals surface area contributed by atoms with Crippen molar-refractivity contribution in [2.75, 3.05) is 24.7 Å². The van der Waals surface area contributed by atoms with Gasteiger partial charge in [0.2, 0.25) is 0 Å². The number of amides is 3. The number of nitrogens with zero attached hydrogens (tertiary/aromatic N) is 1. The molecular weight excluding hydrogens is 364 g/mol. The molecule has 0 bridgehead atoms. The van der Waals surface area contributed by atoms with Gasteiger partial charge in [0.15, 0.2) is 16.4 Å². The monoisotopic (exact) mass is 380 g/mol. The molecule has 10 heteroatoms. The number of esters is 1. The van der Waals surface area contributed by atoms with Gasteiger partial charge in [-0.3, -0.25) is 24.1 Å². The molecule has 3 rings (SSSR count). The predicted molar refractivity (Wildman–Crippen MR) is 88.0 cm³/mol. The van der Waals surface area contributed by atoms with Crippen molar-refractivity contribution >= 4 is 33.5 Å². The zero-order valence-corrected chi connectivity index (χ0v) is 14.5. The van der Waals surface area contributed by atoms with Gasteiger partial charge in [-0.1, -0.05) is 12.1 Å². The summed E-state index contributed by atoms with van der Waals surface area (Å²) in [5.74, 6) is -2.86. The second kappa shape index (κ2) is 6.87. The fraction of sp³-hybridized carbons (Fsp3) is 0.375. The average molecular weight is 380 g/mol. The quantitative estimate of drug-likeness (QED) is 0.519. The Morgan fingerprint density at radius 2 is 1.77 bits per heavy atom. The number of imide groups is 1. The summed E-state index contributed by atoms with van der Waals surface area (Å²) in [4.78, 5) is 48.6. The van der Waals surface area contributed by atoms with Gasteiger partial charge in [-0.05, 0) is 18.6 Å². The van der Waals surface area contributed by atoms with E-state index in [9.17, 15) is 27.6 Å². The van der Waals surface area contributed by atoms with E-state index in [2.05, 4.69) is 5.32 Å². The first-order chi connectivity index (χ1) is 12.3. The van der Waals surface area contributed by atoms with E-state index < -0.39 is 52.7 Å². The van der Waals surface area contributed by atoms with E-state index in [0.29, 0.717) is 6.42 Å². The average Bonchev–Trinajstić information content (AvgIpc) is 3.05. The largest absolute Gasteiger partial charge is 0.454 e. The topological polar surface area (TPSA) is 127 Å². The number of sulfone groups is 1. The summed E-state index contributed by atoms with van der Waals surface area (Å²) < 4.78 is 27.4. The molecule has 0 aliphatic carbocycles. The van der Waals surface area contributed by atoms with Crippen molar-refractivity contribution in [3.63, 3.8) is 0 Å². The second-order valence-electron chi connectivity index (χ2n) is 6.07. The molecule has 1 fully saturated rings. The number of hydrogen-bond acceptors (Lipinski definition) is 7. The van der Waals surface area contributed by atoms with E-state index in [1.54, 1.807) is 12.1 Å². The molecule has 1 saturated heterocycles. The van der Waals surface area contributed by atoms with Crippen molar-refractivity contribution in [3.8, 4) is 0 Å². The number of carbonyl (C=O) groups is 4. The first kappa shape index (κ1) is 18.1. The van der Waals surface area contributed by atoms with Gasteiger partial charge in [0.05, 0.1) is 22.6 Å². The molecule has 0 spiro atoms. The molecule has 1 aromatic rings. The number of nitrogens with one attached hydrogen (secondary N) is 1. The molecule has 1 N–H and O–H groups in total. The van der Waals surface area contributed by atoms with E-state index in [-0.39, 0.29) is 22.6 Å². The zero-order valence-electron chi connectivity index (χ0n) is 13.6. The van der Waals surface area contributed by atoms with Crippen molar-refractivity contribution in [1.82, 2.24) is 10.2 Å². The maximum atomic E-state index is 12.1. The summed E-state index contributed by atoms with van der Waals surface area (Å²) in [6.45, 7) is -1.21. The van der Waals surface area contributed by atoms with E-state index in [0.717, 1.165) is 4.90 Å². The van der Waals surface area contributed by atoms with Crippen LogP contribution in [0.1, 0.15) is 27.1 Å². The van der Waals surface area contributed by atoms with Crippen LogP contribution in [0.15, 0.2) is 24.3 Å². The van der Waals surface area contributed by atoms with Crippen LogP contribution in [0, 0.1) is 0 Å². The first-order valence-electron chi connectivity index (χ1n) is 7.87. The molecule has 1 atom stereocenters. The fourth-order valence-corrected chi connectivity index (χ4v) is 4.56. The van der Waals surface area contributed by atoms with Crippen LogP contribution in [0.4, 0.5) is 0 Å². The summed E-state index contributed by atoms with van der Waals surface area (Å²) in [6, 6.07) is 5.70. The number of carbonyl (C=O) groups excluding carboxylic acids is 4. The van der Waals surface area contributed by atoms with Gasteiger partial charge in [0.25, 0.3) is 17.7 Å². The molecule has 0 aromatic heterocycles. The minimum Gasteiger partial charge on any atom is -0.454 e. The molecule has 26 heavy (non-hydrogen) atoms. The van der Waals surface area contributed by atoms with Crippen molar-refractivity contribution < 1.29 is 32.3 Å². The highest BCUT2D eigenvalue weighted by molar-refractivity contribution is 7.91. The van der Waals surface area contributed by atoms with Gasteiger partial charge >= 0.3 is 5.97 Å². The number of rotatable bonds is 5. The lowest BCUT2D eigenvalue weighted by atomic mass is 10.1.